The molecule has 6 nitrogen and oxygen atoms in total. The number of esters is 1. The van der Waals surface area contributed by atoms with Gasteiger partial charge in [-0.15, -0.1) is 11.8 Å². The van der Waals surface area contributed by atoms with E-state index in [1.807, 2.05) is 66.9 Å². The highest BCUT2D eigenvalue weighted by atomic mass is 32.2. The van der Waals surface area contributed by atoms with Crippen LogP contribution in [0.4, 0.5) is 0 Å². The maximum Gasteiger partial charge on any atom is 0.338 e. The molecule has 8 heteroatoms. The number of rotatable bonds is 7. The van der Waals surface area contributed by atoms with E-state index in [1.54, 1.807) is 23.3 Å². The predicted octanol–water partition coefficient (Wildman–Crippen LogP) is 6.37. The molecule has 1 atom stereocenters. The summed E-state index contributed by atoms with van der Waals surface area (Å²) in [5, 5.41) is 0. The maximum atomic E-state index is 14.3. The first kappa shape index (κ1) is 29.7. The van der Waals surface area contributed by atoms with E-state index in [1.165, 1.54) is 16.9 Å². The minimum atomic E-state index is -0.696. The van der Waals surface area contributed by atoms with Gasteiger partial charge in [-0.3, -0.25) is 9.36 Å². The summed E-state index contributed by atoms with van der Waals surface area (Å²) in [5.41, 5.74) is 7.64. The second-order valence-corrected chi connectivity index (χ2v) is 12.6. The van der Waals surface area contributed by atoms with Crippen LogP contribution in [0.2, 0.25) is 0 Å². The largest absolute Gasteiger partial charge is 0.463 e. The summed E-state index contributed by atoms with van der Waals surface area (Å²) < 4.78 is 10.0. The fourth-order valence-corrected chi connectivity index (χ4v) is 7.18. The topological polar surface area (TPSA) is 65.6 Å². The lowest BCUT2D eigenvalue weighted by molar-refractivity contribution is -0.138. The molecule has 0 fully saturated rings. The molecule has 0 N–H and O–H groups in total. The van der Waals surface area contributed by atoms with E-state index >= 15 is 0 Å². The molecule has 0 saturated carbocycles. The van der Waals surface area contributed by atoms with Gasteiger partial charge >= 0.3 is 5.97 Å². The number of ether oxygens (including phenoxy) is 1. The molecule has 3 aromatic carbocycles. The Morgan fingerprint density at radius 3 is 2.43 bits per heavy atom. The molecule has 222 valence electrons. The number of thiazole rings is 1. The smallest absolute Gasteiger partial charge is 0.338 e. The summed E-state index contributed by atoms with van der Waals surface area (Å²) >= 11 is 2.98. The van der Waals surface area contributed by atoms with Gasteiger partial charge in [0.2, 0.25) is 0 Å². The molecule has 3 heterocycles. The first-order valence-corrected chi connectivity index (χ1v) is 16.5. The predicted molar refractivity (Wildman–Crippen MR) is 179 cm³/mol. The van der Waals surface area contributed by atoms with E-state index in [9.17, 15) is 9.59 Å². The molecule has 0 unspecified atom stereocenters. The van der Waals surface area contributed by atoms with Crippen molar-refractivity contribution in [2.45, 2.75) is 38.6 Å². The van der Waals surface area contributed by atoms with Gasteiger partial charge in [0.25, 0.3) is 5.56 Å². The fraction of sp³-hybridized carbons (Fsp3) is 0.194. The average molecular weight is 620 g/mol. The van der Waals surface area contributed by atoms with Gasteiger partial charge < -0.3 is 9.30 Å². The van der Waals surface area contributed by atoms with Crippen LogP contribution in [-0.2, 0) is 9.53 Å². The molecule has 0 saturated heterocycles. The highest BCUT2D eigenvalue weighted by molar-refractivity contribution is 7.98. The number of benzene rings is 3. The normalized spacial score (nSPS) is 14.8. The highest BCUT2D eigenvalue weighted by Crippen LogP contribution is 2.35. The van der Waals surface area contributed by atoms with Crippen LogP contribution in [0.15, 0.2) is 105 Å². The first-order chi connectivity index (χ1) is 21.3. The third-order valence-electron chi connectivity index (χ3n) is 7.82. The van der Waals surface area contributed by atoms with Crippen LogP contribution >= 0.6 is 23.1 Å². The monoisotopic (exact) mass is 619 g/mol. The molecule has 5 aromatic rings. The fourth-order valence-electron chi connectivity index (χ4n) is 5.78. The van der Waals surface area contributed by atoms with Crippen molar-refractivity contribution in [3.05, 3.63) is 144 Å². The zero-order valence-corrected chi connectivity index (χ0v) is 27.0. The number of carbonyl (C=O) groups is 1. The van der Waals surface area contributed by atoms with Crippen LogP contribution in [-0.4, -0.2) is 28.0 Å². The molecule has 0 aliphatic carbocycles. The van der Waals surface area contributed by atoms with Gasteiger partial charge in [0.05, 0.1) is 28.5 Å². The van der Waals surface area contributed by atoms with Gasteiger partial charge in [-0.25, -0.2) is 9.79 Å². The van der Waals surface area contributed by atoms with E-state index in [2.05, 4.69) is 55.7 Å². The summed E-state index contributed by atoms with van der Waals surface area (Å²) in [6, 6.07) is 27.4. The molecule has 0 spiro atoms. The zero-order valence-electron chi connectivity index (χ0n) is 25.3. The van der Waals surface area contributed by atoms with Crippen molar-refractivity contribution < 1.29 is 9.53 Å². The number of hydrogen-bond acceptors (Lipinski definition) is 6. The minimum absolute atomic E-state index is 0.193. The van der Waals surface area contributed by atoms with E-state index in [0.717, 1.165) is 38.7 Å². The Morgan fingerprint density at radius 2 is 1.75 bits per heavy atom. The Bertz CT molecular complexity index is 2080. The Kier molecular flexibility index (Phi) is 8.29. The molecule has 0 bridgehead atoms. The molecular weight excluding hydrogens is 587 g/mol. The minimum Gasteiger partial charge on any atom is -0.463 e. The van der Waals surface area contributed by atoms with E-state index in [0.29, 0.717) is 20.6 Å². The summed E-state index contributed by atoms with van der Waals surface area (Å²) in [6.45, 7) is 8.22. The quantitative estimate of drug-likeness (QED) is 0.157. The van der Waals surface area contributed by atoms with Crippen molar-refractivity contribution in [1.29, 1.82) is 0 Å². The molecule has 6 rings (SSSR count). The van der Waals surface area contributed by atoms with E-state index in [4.69, 9.17) is 9.73 Å². The Labute approximate surface area is 264 Å². The van der Waals surface area contributed by atoms with E-state index < -0.39 is 12.0 Å². The number of fused-ring (bicyclic) bond motifs is 1. The number of hydrogen-bond donors (Lipinski definition) is 0. The van der Waals surface area contributed by atoms with Crippen LogP contribution in [0.5, 0.6) is 0 Å². The number of nitrogens with zero attached hydrogens (tertiary/aromatic N) is 3. The number of aryl methyl sites for hydroxylation is 2. The average Bonchev–Trinajstić information content (AvgIpc) is 3.50. The SMILES string of the molecule is CCOC(=O)C1=C(c2ccccc2)N=c2s/c(=C/c3cc(C)n(-c4cccc(C)c4)c3C)c(=O)n2[C@H]1c1ccc(SC)cc1. The van der Waals surface area contributed by atoms with E-state index in [-0.39, 0.29) is 12.2 Å². The van der Waals surface area contributed by atoms with Crippen molar-refractivity contribution >= 4 is 40.8 Å². The molecule has 0 amide bonds. The summed E-state index contributed by atoms with van der Waals surface area (Å²) in [5.74, 6) is -0.481. The van der Waals surface area contributed by atoms with Gasteiger partial charge in [-0.2, -0.15) is 0 Å². The van der Waals surface area contributed by atoms with Gasteiger partial charge in [-0.05, 0) is 87.0 Å². The molecule has 1 aliphatic rings. The Hall–Kier alpha value is -4.40. The molecule has 0 radical (unpaired) electrons. The third kappa shape index (κ3) is 5.40. The Balaban J connectivity index is 1.60. The third-order valence-corrected chi connectivity index (χ3v) is 9.55. The number of thioether (sulfide) groups is 1. The van der Waals surface area contributed by atoms with Gasteiger partial charge in [0.15, 0.2) is 4.80 Å². The lowest BCUT2D eigenvalue weighted by atomic mass is 9.93. The standard InChI is InChI=1S/C36H33N3O3S2/c1-6-42-35(41)31-32(25-12-8-7-9-13-25)37-36-39(33(31)26-15-17-29(43-5)18-16-26)34(40)30(44-36)21-27-20-23(3)38(24(27)4)28-14-10-11-22(2)19-28/h7-21,33H,6H2,1-5H3/b30-21+/t33-/m0/s1. The first-order valence-electron chi connectivity index (χ1n) is 14.5. The number of carbonyl (C=O) groups excluding carboxylic acids is 1. The van der Waals surface area contributed by atoms with Gasteiger partial charge in [0, 0.05) is 27.5 Å². The zero-order chi connectivity index (χ0) is 31.0. The van der Waals surface area contributed by atoms with Crippen molar-refractivity contribution in [3.63, 3.8) is 0 Å². The highest BCUT2D eigenvalue weighted by Gasteiger charge is 2.35. The van der Waals surface area contributed by atoms with Gasteiger partial charge in [0.1, 0.15) is 0 Å². The molecular formula is C36H33N3O3S2. The summed E-state index contributed by atoms with van der Waals surface area (Å²) in [7, 11) is 0. The molecule has 1 aliphatic heterocycles. The summed E-state index contributed by atoms with van der Waals surface area (Å²) in [6.07, 6.45) is 3.97. The van der Waals surface area contributed by atoms with Crippen LogP contribution in [0.1, 0.15) is 46.6 Å². The van der Waals surface area contributed by atoms with Crippen molar-refractivity contribution in [3.8, 4) is 5.69 Å². The van der Waals surface area contributed by atoms with Crippen molar-refractivity contribution in [2.24, 2.45) is 4.99 Å². The van der Waals surface area contributed by atoms with Crippen LogP contribution < -0.4 is 14.9 Å². The summed E-state index contributed by atoms with van der Waals surface area (Å²) in [4.78, 5) is 34.6. The van der Waals surface area contributed by atoms with Crippen molar-refractivity contribution in [1.82, 2.24) is 9.13 Å². The molecule has 44 heavy (non-hydrogen) atoms. The van der Waals surface area contributed by atoms with Gasteiger partial charge in [-0.1, -0.05) is 65.9 Å². The maximum absolute atomic E-state index is 14.3. The lowest BCUT2D eigenvalue weighted by Gasteiger charge is -2.26. The van der Waals surface area contributed by atoms with Crippen LogP contribution in [0.3, 0.4) is 0 Å². The van der Waals surface area contributed by atoms with Crippen LogP contribution in [0.25, 0.3) is 17.5 Å². The second kappa shape index (κ2) is 12.3. The Morgan fingerprint density at radius 1 is 1.00 bits per heavy atom. The lowest BCUT2D eigenvalue weighted by Crippen LogP contribution is -2.40. The van der Waals surface area contributed by atoms with Crippen molar-refractivity contribution in [2.75, 3.05) is 12.9 Å². The van der Waals surface area contributed by atoms with Crippen LogP contribution in [0, 0.1) is 20.8 Å². The number of aromatic nitrogens is 2. The second-order valence-electron chi connectivity index (χ2n) is 10.7. The molecule has 2 aromatic heterocycles.